The third kappa shape index (κ3) is 4.07. The fraction of sp³-hybridized carbons (Fsp3) is 0.667. The van der Waals surface area contributed by atoms with Crippen molar-refractivity contribution in [1.82, 2.24) is 20.1 Å². The maximum Gasteiger partial charge on any atom is 0.242 e. The van der Waals surface area contributed by atoms with Crippen molar-refractivity contribution in [1.29, 1.82) is 0 Å². The first kappa shape index (κ1) is 11.6. The van der Waals surface area contributed by atoms with Crippen LogP contribution in [-0.4, -0.2) is 38.4 Å². The Hall–Kier alpha value is -1.43. The van der Waals surface area contributed by atoms with Gasteiger partial charge in [-0.3, -0.25) is 4.79 Å². The quantitative estimate of drug-likeness (QED) is 0.669. The largest absolute Gasteiger partial charge is 0.396 e. The van der Waals surface area contributed by atoms with E-state index >= 15 is 0 Å². The van der Waals surface area contributed by atoms with Gasteiger partial charge in [-0.2, -0.15) is 5.10 Å². The molecule has 0 aliphatic carbocycles. The van der Waals surface area contributed by atoms with Gasteiger partial charge in [0.05, 0.1) is 0 Å². The minimum atomic E-state index is -0.110. The molecule has 6 heteroatoms. The lowest BCUT2D eigenvalue weighted by Gasteiger charge is -2.15. The summed E-state index contributed by atoms with van der Waals surface area (Å²) in [5.41, 5.74) is 0. The summed E-state index contributed by atoms with van der Waals surface area (Å²) >= 11 is 0. The Morgan fingerprint density at radius 1 is 1.67 bits per heavy atom. The average molecular weight is 212 g/mol. The van der Waals surface area contributed by atoms with Crippen molar-refractivity contribution < 1.29 is 9.90 Å². The lowest BCUT2D eigenvalue weighted by molar-refractivity contribution is -0.122. The minimum Gasteiger partial charge on any atom is -0.396 e. The first-order chi connectivity index (χ1) is 7.26. The summed E-state index contributed by atoms with van der Waals surface area (Å²) in [6.45, 7) is 2.22. The normalized spacial score (nSPS) is 12.4. The van der Waals surface area contributed by atoms with E-state index in [0.29, 0.717) is 6.42 Å². The Labute approximate surface area is 88.3 Å². The molecule has 0 saturated carbocycles. The fourth-order valence-electron chi connectivity index (χ4n) is 1.27. The number of aromatic nitrogens is 3. The number of nitrogens with zero attached hydrogens (tertiary/aromatic N) is 3. The van der Waals surface area contributed by atoms with Crippen molar-refractivity contribution in [2.24, 2.45) is 0 Å². The molecule has 15 heavy (non-hydrogen) atoms. The average Bonchev–Trinajstić information content (AvgIpc) is 2.69. The molecule has 0 saturated heterocycles. The monoisotopic (exact) mass is 212 g/mol. The first-order valence-corrected chi connectivity index (χ1v) is 4.99. The summed E-state index contributed by atoms with van der Waals surface area (Å²) in [6.07, 6.45) is 4.27. The molecule has 0 aliphatic rings. The van der Waals surface area contributed by atoms with Crippen molar-refractivity contribution in [3.63, 3.8) is 0 Å². The van der Waals surface area contributed by atoms with Gasteiger partial charge in [0.25, 0.3) is 0 Å². The van der Waals surface area contributed by atoms with Gasteiger partial charge in [0.2, 0.25) is 5.91 Å². The standard InChI is InChI=1S/C9H16N4O2/c1-2-8(3-4-14)12-9(15)5-13-7-10-6-11-13/h6-8,14H,2-5H2,1H3,(H,12,15). The molecule has 1 rings (SSSR count). The molecule has 0 bridgehead atoms. The zero-order chi connectivity index (χ0) is 11.1. The van der Waals surface area contributed by atoms with Crippen molar-refractivity contribution in [3.8, 4) is 0 Å². The van der Waals surface area contributed by atoms with Gasteiger partial charge in [-0.05, 0) is 12.8 Å². The number of amides is 1. The second-order valence-electron chi connectivity index (χ2n) is 3.28. The Balaban J connectivity index is 2.34. The predicted octanol–water partition coefficient (Wildman–Crippen LogP) is -0.445. The molecule has 2 N–H and O–H groups in total. The summed E-state index contributed by atoms with van der Waals surface area (Å²) in [5, 5.41) is 15.4. The number of hydrogen-bond donors (Lipinski definition) is 2. The third-order valence-corrected chi connectivity index (χ3v) is 2.11. The van der Waals surface area contributed by atoms with Crippen LogP contribution in [0.1, 0.15) is 19.8 Å². The first-order valence-electron chi connectivity index (χ1n) is 4.99. The Kier molecular flexibility index (Phi) is 4.76. The van der Waals surface area contributed by atoms with E-state index in [2.05, 4.69) is 15.4 Å². The molecular weight excluding hydrogens is 196 g/mol. The molecule has 6 nitrogen and oxygen atoms in total. The number of hydrogen-bond acceptors (Lipinski definition) is 4. The number of aliphatic hydroxyl groups excluding tert-OH is 1. The molecule has 0 spiro atoms. The van der Waals surface area contributed by atoms with E-state index in [4.69, 9.17) is 5.11 Å². The van der Waals surface area contributed by atoms with Crippen LogP contribution in [0.2, 0.25) is 0 Å². The van der Waals surface area contributed by atoms with Gasteiger partial charge in [0, 0.05) is 12.6 Å². The zero-order valence-corrected chi connectivity index (χ0v) is 8.76. The van der Waals surface area contributed by atoms with E-state index < -0.39 is 0 Å². The highest BCUT2D eigenvalue weighted by atomic mass is 16.3. The number of nitrogens with one attached hydrogen (secondary N) is 1. The molecule has 0 aromatic carbocycles. The van der Waals surface area contributed by atoms with Crippen LogP contribution in [0.15, 0.2) is 12.7 Å². The van der Waals surface area contributed by atoms with E-state index in [9.17, 15) is 4.79 Å². The second kappa shape index (κ2) is 6.13. The molecule has 1 heterocycles. The van der Waals surface area contributed by atoms with Gasteiger partial charge in [-0.25, -0.2) is 9.67 Å². The van der Waals surface area contributed by atoms with Gasteiger partial charge >= 0.3 is 0 Å². The molecule has 1 unspecified atom stereocenters. The SMILES string of the molecule is CCC(CCO)NC(=O)Cn1cncn1. The van der Waals surface area contributed by atoms with Gasteiger partial charge in [-0.1, -0.05) is 6.92 Å². The summed E-state index contributed by atoms with van der Waals surface area (Å²) in [5.74, 6) is -0.110. The van der Waals surface area contributed by atoms with Crippen LogP contribution in [-0.2, 0) is 11.3 Å². The van der Waals surface area contributed by atoms with Crippen molar-refractivity contribution >= 4 is 5.91 Å². The Morgan fingerprint density at radius 3 is 3.00 bits per heavy atom. The van der Waals surface area contributed by atoms with Crippen LogP contribution in [0.25, 0.3) is 0 Å². The van der Waals surface area contributed by atoms with Crippen molar-refractivity contribution in [2.45, 2.75) is 32.4 Å². The van der Waals surface area contributed by atoms with Crippen molar-refractivity contribution in [2.75, 3.05) is 6.61 Å². The van der Waals surface area contributed by atoms with E-state index in [-0.39, 0.29) is 25.1 Å². The molecule has 0 radical (unpaired) electrons. The molecule has 0 aliphatic heterocycles. The molecular formula is C9H16N4O2. The number of carbonyl (C=O) groups excluding carboxylic acids is 1. The Morgan fingerprint density at radius 2 is 2.47 bits per heavy atom. The van der Waals surface area contributed by atoms with Crippen LogP contribution in [0.4, 0.5) is 0 Å². The summed E-state index contributed by atoms with van der Waals surface area (Å²) < 4.78 is 1.46. The summed E-state index contributed by atoms with van der Waals surface area (Å²) in [7, 11) is 0. The molecule has 0 fully saturated rings. The number of aliphatic hydroxyl groups is 1. The van der Waals surface area contributed by atoms with Crippen molar-refractivity contribution in [3.05, 3.63) is 12.7 Å². The smallest absolute Gasteiger partial charge is 0.242 e. The third-order valence-electron chi connectivity index (χ3n) is 2.11. The summed E-state index contributed by atoms with van der Waals surface area (Å²) in [4.78, 5) is 15.2. The van der Waals surface area contributed by atoms with Crippen LogP contribution >= 0.6 is 0 Å². The van der Waals surface area contributed by atoms with Gasteiger partial charge in [0.1, 0.15) is 19.2 Å². The second-order valence-corrected chi connectivity index (χ2v) is 3.28. The van der Waals surface area contributed by atoms with Gasteiger partial charge in [0.15, 0.2) is 0 Å². The minimum absolute atomic E-state index is 0.0334. The molecule has 1 atom stereocenters. The van der Waals surface area contributed by atoms with E-state index in [1.807, 2.05) is 6.92 Å². The topological polar surface area (TPSA) is 80.0 Å². The fourth-order valence-corrected chi connectivity index (χ4v) is 1.27. The number of carbonyl (C=O) groups is 1. The van der Waals surface area contributed by atoms with Gasteiger partial charge < -0.3 is 10.4 Å². The number of rotatable bonds is 6. The highest BCUT2D eigenvalue weighted by molar-refractivity contribution is 5.75. The molecule has 1 amide bonds. The highest BCUT2D eigenvalue weighted by Gasteiger charge is 2.10. The molecule has 1 aromatic heterocycles. The van der Waals surface area contributed by atoms with Crippen LogP contribution in [0.5, 0.6) is 0 Å². The lowest BCUT2D eigenvalue weighted by atomic mass is 10.1. The molecule has 1 aromatic rings. The summed E-state index contributed by atoms with van der Waals surface area (Å²) in [6, 6.07) is 0.0334. The maximum absolute atomic E-state index is 11.5. The van der Waals surface area contributed by atoms with E-state index in [1.165, 1.54) is 17.3 Å². The Bertz CT molecular complexity index is 286. The van der Waals surface area contributed by atoms with E-state index in [0.717, 1.165) is 6.42 Å². The van der Waals surface area contributed by atoms with Gasteiger partial charge in [-0.15, -0.1) is 0 Å². The zero-order valence-electron chi connectivity index (χ0n) is 8.76. The molecule has 84 valence electrons. The highest BCUT2D eigenvalue weighted by Crippen LogP contribution is 1.96. The lowest BCUT2D eigenvalue weighted by Crippen LogP contribution is -2.37. The van der Waals surface area contributed by atoms with E-state index in [1.54, 1.807) is 0 Å². The van der Waals surface area contributed by atoms with Crippen LogP contribution in [0.3, 0.4) is 0 Å². The van der Waals surface area contributed by atoms with Crippen LogP contribution in [0, 0.1) is 0 Å². The van der Waals surface area contributed by atoms with Crippen LogP contribution < -0.4 is 5.32 Å². The maximum atomic E-state index is 11.5. The predicted molar refractivity (Wildman–Crippen MR) is 53.9 cm³/mol.